The molecule has 0 radical (unpaired) electrons. The first kappa shape index (κ1) is 21.2. The van der Waals surface area contributed by atoms with E-state index in [9.17, 15) is 4.79 Å². The normalized spacial score (nSPS) is 21.6. The van der Waals surface area contributed by atoms with Gasteiger partial charge >= 0.3 is 0 Å². The lowest BCUT2D eigenvalue weighted by Crippen LogP contribution is -2.32. The number of aromatic nitrogens is 2. The van der Waals surface area contributed by atoms with Crippen molar-refractivity contribution in [2.45, 2.75) is 30.5 Å². The highest BCUT2D eigenvalue weighted by Crippen LogP contribution is 2.45. The van der Waals surface area contributed by atoms with Crippen LogP contribution in [0.2, 0.25) is 0 Å². The van der Waals surface area contributed by atoms with E-state index in [-0.39, 0.29) is 23.6 Å². The van der Waals surface area contributed by atoms with Gasteiger partial charge in [-0.2, -0.15) is 5.10 Å². The van der Waals surface area contributed by atoms with Crippen LogP contribution in [0.25, 0.3) is 6.08 Å². The summed E-state index contributed by atoms with van der Waals surface area (Å²) in [5.41, 5.74) is 13.8. The molecule has 1 aliphatic heterocycles. The molecule has 10 heteroatoms. The number of carbonyl (C=O) groups is 1. The molecule has 2 aliphatic rings. The number of rotatable bonds is 5. The first-order valence-corrected chi connectivity index (χ1v) is 13.0. The molecule has 3 aromatic rings. The molecule has 164 valence electrons. The highest BCUT2D eigenvalue weighted by Gasteiger charge is 2.44. The number of thiophene rings is 2. The van der Waals surface area contributed by atoms with Gasteiger partial charge < -0.3 is 11.5 Å². The van der Waals surface area contributed by atoms with E-state index in [2.05, 4.69) is 45.0 Å². The Morgan fingerprint density at radius 2 is 1.97 bits per heavy atom. The number of anilines is 2. The third-order valence-electron chi connectivity index (χ3n) is 5.52. The van der Waals surface area contributed by atoms with Crippen LogP contribution in [0.1, 0.15) is 35.1 Å². The maximum Gasteiger partial charge on any atom is 0.253 e. The Kier molecular flexibility index (Phi) is 5.99. The minimum Gasteiger partial charge on any atom is -0.383 e. The smallest absolute Gasteiger partial charge is 0.253 e. The Bertz CT molecular complexity index is 1150. The summed E-state index contributed by atoms with van der Waals surface area (Å²) in [5, 5.41) is 11.1. The maximum atomic E-state index is 13.3. The number of amides is 1. The van der Waals surface area contributed by atoms with Gasteiger partial charge in [0.1, 0.15) is 11.6 Å². The molecule has 5 rings (SSSR count). The highest BCUT2D eigenvalue weighted by atomic mass is 32.2. The standard InChI is InChI=1S/C22H22N6OS3/c23-17-11-18(24)26-22(25-17)32-12-19(29)28-21(16-7-3-9-31-16)15-6-1-4-13(20(15)27-28)10-14-5-2-8-30-14/h2-3,5,7-11,15,21H,1,4,6,12H2,(H4,23,24,25,26). The molecule has 2 atom stereocenters. The van der Waals surface area contributed by atoms with Gasteiger partial charge in [0, 0.05) is 21.7 Å². The van der Waals surface area contributed by atoms with Crippen LogP contribution in [0.4, 0.5) is 11.6 Å². The fraction of sp³-hybridized carbons (Fsp3) is 0.273. The summed E-state index contributed by atoms with van der Waals surface area (Å²) in [4.78, 5) is 24.0. The number of hydrogen-bond donors (Lipinski definition) is 2. The van der Waals surface area contributed by atoms with E-state index in [4.69, 9.17) is 16.6 Å². The molecule has 0 saturated heterocycles. The number of nitrogens with zero attached hydrogens (tertiary/aromatic N) is 4. The Morgan fingerprint density at radius 3 is 2.69 bits per heavy atom. The molecule has 32 heavy (non-hydrogen) atoms. The van der Waals surface area contributed by atoms with E-state index < -0.39 is 0 Å². The Labute approximate surface area is 198 Å². The van der Waals surface area contributed by atoms with Crippen LogP contribution in [0, 0.1) is 5.92 Å². The van der Waals surface area contributed by atoms with Crippen molar-refractivity contribution in [1.29, 1.82) is 0 Å². The summed E-state index contributed by atoms with van der Waals surface area (Å²) in [5.74, 6) is 0.884. The van der Waals surface area contributed by atoms with Gasteiger partial charge in [-0.3, -0.25) is 4.79 Å². The summed E-state index contributed by atoms with van der Waals surface area (Å²) in [6, 6.07) is 9.73. The second kappa shape index (κ2) is 9.05. The minimum absolute atomic E-state index is 0.0723. The summed E-state index contributed by atoms with van der Waals surface area (Å²) in [6.07, 6.45) is 5.33. The lowest BCUT2D eigenvalue weighted by atomic mass is 9.79. The minimum atomic E-state index is -0.0737. The predicted octanol–water partition coefficient (Wildman–Crippen LogP) is 4.68. The summed E-state index contributed by atoms with van der Waals surface area (Å²) in [6.45, 7) is 0. The zero-order valence-electron chi connectivity index (χ0n) is 17.2. The van der Waals surface area contributed by atoms with Crippen molar-refractivity contribution in [3.8, 4) is 0 Å². The molecule has 1 saturated carbocycles. The van der Waals surface area contributed by atoms with Crippen molar-refractivity contribution in [2.75, 3.05) is 17.2 Å². The molecule has 0 bridgehead atoms. The van der Waals surface area contributed by atoms with Gasteiger partial charge in [0.05, 0.1) is 17.5 Å². The van der Waals surface area contributed by atoms with Crippen molar-refractivity contribution in [1.82, 2.24) is 15.0 Å². The average molecular weight is 483 g/mol. The lowest BCUT2D eigenvalue weighted by Gasteiger charge is -2.28. The zero-order chi connectivity index (χ0) is 22.1. The summed E-state index contributed by atoms with van der Waals surface area (Å²) < 4.78 is 0. The molecule has 0 aromatic carbocycles. The SMILES string of the molecule is Nc1cc(N)nc(SCC(=O)N2N=C3C(=Cc4cccs4)CCCC3C2c2cccs2)n1. The number of thioether (sulfide) groups is 1. The van der Waals surface area contributed by atoms with Crippen molar-refractivity contribution in [2.24, 2.45) is 11.0 Å². The first-order valence-electron chi connectivity index (χ1n) is 10.3. The van der Waals surface area contributed by atoms with Crippen LogP contribution in [0.5, 0.6) is 0 Å². The van der Waals surface area contributed by atoms with Crippen LogP contribution in [-0.4, -0.2) is 32.3 Å². The van der Waals surface area contributed by atoms with Gasteiger partial charge in [-0.25, -0.2) is 15.0 Å². The maximum absolute atomic E-state index is 13.3. The second-order valence-corrected chi connectivity index (χ2v) is 10.6. The van der Waals surface area contributed by atoms with Crippen molar-refractivity contribution >= 4 is 63.8 Å². The molecule has 3 aromatic heterocycles. The predicted molar refractivity (Wildman–Crippen MR) is 133 cm³/mol. The Balaban J connectivity index is 1.43. The monoisotopic (exact) mass is 482 g/mol. The quantitative estimate of drug-likeness (QED) is 0.404. The topological polar surface area (TPSA) is 110 Å². The van der Waals surface area contributed by atoms with Crippen LogP contribution < -0.4 is 11.5 Å². The van der Waals surface area contributed by atoms with E-state index in [0.29, 0.717) is 16.8 Å². The average Bonchev–Trinajstić information content (AvgIpc) is 3.52. The molecular weight excluding hydrogens is 460 g/mol. The third-order valence-corrected chi connectivity index (χ3v) is 8.12. The van der Waals surface area contributed by atoms with Crippen LogP contribution >= 0.6 is 34.4 Å². The number of carbonyl (C=O) groups excluding carboxylic acids is 1. The van der Waals surface area contributed by atoms with Gasteiger partial charge in [0.2, 0.25) is 0 Å². The summed E-state index contributed by atoms with van der Waals surface area (Å²) in [7, 11) is 0. The number of nitrogens with two attached hydrogens (primary N) is 2. The highest BCUT2D eigenvalue weighted by molar-refractivity contribution is 7.99. The van der Waals surface area contributed by atoms with Crippen LogP contribution in [0.15, 0.2) is 56.9 Å². The lowest BCUT2D eigenvalue weighted by molar-refractivity contribution is -0.130. The number of hydrogen-bond acceptors (Lipinski definition) is 9. The molecule has 4 heterocycles. The van der Waals surface area contributed by atoms with Gasteiger partial charge in [0.25, 0.3) is 5.91 Å². The van der Waals surface area contributed by atoms with E-state index in [1.54, 1.807) is 27.7 Å². The van der Waals surface area contributed by atoms with E-state index in [1.807, 2.05) is 6.07 Å². The molecular formula is C22H22N6OS3. The van der Waals surface area contributed by atoms with Gasteiger partial charge in [-0.05, 0) is 53.8 Å². The van der Waals surface area contributed by atoms with E-state index in [0.717, 1.165) is 29.9 Å². The molecule has 2 unspecified atom stereocenters. The molecule has 7 nitrogen and oxygen atoms in total. The Morgan fingerprint density at radius 1 is 1.19 bits per heavy atom. The largest absolute Gasteiger partial charge is 0.383 e. The van der Waals surface area contributed by atoms with Crippen molar-refractivity contribution in [3.05, 3.63) is 56.4 Å². The number of hydrazone groups is 1. The molecule has 1 amide bonds. The molecule has 4 N–H and O–H groups in total. The Hall–Kier alpha value is -2.69. The summed E-state index contributed by atoms with van der Waals surface area (Å²) >= 11 is 4.62. The molecule has 0 spiro atoms. The van der Waals surface area contributed by atoms with Gasteiger partial charge in [0.15, 0.2) is 5.16 Å². The van der Waals surface area contributed by atoms with E-state index in [1.165, 1.54) is 28.3 Å². The van der Waals surface area contributed by atoms with Crippen molar-refractivity contribution < 1.29 is 4.79 Å². The zero-order valence-corrected chi connectivity index (χ0v) is 19.6. The number of fused-ring (bicyclic) bond motifs is 1. The van der Waals surface area contributed by atoms with E-state index >= 15 is 0 Å². The van der Waals surface area contributed by atoms with Crippen LogP contribution in [-0.2, 0) is 4.79 Å². The van der Waals surface area contributed by atoms with Crippen LogP contribution in [0.3, 0.4) is 0 Å². The third kappa shape index (κ3) is 4.30. The number of allylic oxidation sites excluding steroid dienone is 1. The number of nitrogen functional groups attached to an aromatic ring is 2. The van der Waals surface area contributed by atoms with Gasteiger partial charge in [-0.15, -0.1) is 22.7 Å². The fourth-order valence-corrected chi connectivity index (χ4v) is 6.49. The van der Waals surface area contributed by atoms with Gasteiger partial charge in [-0.1, -0.05) is 23.9 Å². The molecule has 1 aliphatic carbocycles. The first-order chi connectivity index (χ1) is 15.6. The molecule has 1 fully saturated rings. The fourth-order valence-electron chi connectivity index (χ4n) is 4.21. The second-order valence-electron chi connectivity index (χ2n) is 7.66. The van der Waals surface area contributed by atoms with Crippen molar-refractivity contribution in [3.63, 3.8) is 0 Å².